The molecule has 0 aromatic carbocycles. The Balaban J connectivity index is 1.50. The molecule has 0 saturated carbocycles. The van der Waals surface area contributed by atoms with E-state index in [1.807, 2.05) is 12.4 Å². The van der Waals surface area contributed by atoms with Gasteiger partial charge in [0.1, 0.15) is 17.5 Å². The summed E-state index contributed by atoms with van der Waals surface area (Å²) in [5.74, 6) is 2.87. The Morgan fingerprint density at radius 3 is 2.56 bits per heavy atom. The fourth-order valence-electron chi connectivity index (χ4n) is 3.18. The lowest BCUT2D eigenvalue weighted by Gasteiger charge is -2.33. The largest absolute Gasteiger partial charge is 0.355 e. The van der Waals surface area contributed by atoms with Crippen LogP contribution in [-0.4, -0.2) is 38.0 Å². The molecule has 1 atom stereocenters. The zero-order chi connectivity index (χ0) is 16.9. The monoisotopic (exact) mass is 333 g/mol. The number of hydrogen-bond acceptors (Lipinski definition) is 7. The molecular weight excluding hydrogens is 314 g/mol. The third kappa shape index (κ3) is 3.71. The summed E-state index contributed by atoms with van der Waals surface area (Å²) < 4.78 is 0. The molecule has 4 rings (SSSR count). The molecule has 7 heteroatoms. The number of nitrogens with one attached hydrogen (secondary N) is 1. The first kappa shape index (κ1) is 15.4. The zero-order valence-electron chi connectivity index (χ0n) is 13.8. The van der Waals surface area contributed by atoms with E-state index in [1.165, 1.54) is 5.56 Å². The van der Waals surface area contributed by atoms with Crippen molar-refractivity contribution in [3.8, 4) is 0 Å². The van der Waals surface area contributed by atoms with Crippen molar-refractivity contribution < 1.29 is 0 Å². The molecule has 7 nitrogen and oxygen atoms in total. The minimum Gasteiger partial charge on any atom is -0.355 e. The van der Waals surface area contributed by atoms with Gasteiger partial charge in [-0.3, -0.25) is 9.97 Å². The maximum absolute atomic E-state index is 4.43. The van der Waals surface area contributed by atoms with E-state index in [0.717, 1.165) is 37.6 Å². The first-order chi connectivity index (χ1) is 12.4. The van der Waals surface area contributed by atoms with Crippen molar-refractivity contribution in [1.29, 1.82) is 0 Å². The van der Waals surface area contributed by atoms with Gasteiger partial charge >= 0.3 is 0 Å². The van der Waals surface area contributed by atoms with Gasteiger partial charge < -0.3 is 10.2 Å². The van der Waals surface area contributed by atoms with Crippen molar-refractivity contribution in [3.63, 3.8) is 0 Å². The lowest BCUT2D eigenvalue weighted by atomic mass is 9.91. The fourth-order valence-corrected chi connectivity index (χ4v) is 3.18. The number of aromatic nitrogens is 5. The van der Waals surface area contributed by atoms with Crippen LogP contribution < -0.4 is 10.2 Å². The van der Waals surface area contributed by atoms with Crippen LogP contribution in [0.25, 0.3) is 0 Å². The summed E-state index contributed by atoms with van der Waals surface area (Å²) in [4.78, 5) is 23.6. The Bertz CT molecular complexity index is 810. The van der Waals surface area contributed by atoms with E-state index in [4.69, 9.17) is 0 Å². The molecule has 1 fully saturated rings. The van der Waals surface area contributed by atoms with Gasteiger partial charge in [-0.1, -0.05) is 0 Å². The number of anilines is 3. The van der Waals surface area contributed by atoms with Gasteiger partial charge in [0.05, 0.1) is 12.4 Å². The Morgan fingerprint density at radius 2 is 1.76 bits per heavy atom. The Kier molecular flexibility index (Phi) is 4.45. The van der Waals surface area contributed by atoms with E-state index in [2.05, 4.69) is 47.3 Å². The number of hydrogen-bond donors (Lipinski definition) is 1. The zero-order valence-corrected chi connectivity index (χ0v) is 13.8. The van der Waals surface area contributed by atoms with Gasteiger partial charge in [-0.2, -0.15) is 0 Å². The van der Waals surface area contributed by atoms with E-state index in [0.29, 0.717) is 11.7 Å². The molecule has 0 spiro atoms. The van der Waals surface area contributed by atoms with E-state index in [9.17, 15) is 0 Å². The minimum atomic E-state index is 0.446. The van der Waals surface area contributed by atoms with Crippen LogP contribution in [0, 0.1) is 0 Å². The van der Waals surface area contributed by atoms with Gasteiger partial charge in [-0.25, -0.2) is 15.0 Å². The van der Waals surface area contributed by atoms with Crippen LogP contribution in [0.3, 0.4) is 0 Å². The van der Waals surface area contributed by atoms with Crippen molar-refractivity contribution in [3.05, 3.63) is 61.1 Å². The summed E-state index contributed by atoms with van der Waals surface area (Å²) >= 11 is 0. The first-order valence-corrected chi connectivity index (χ1v) is 8.38. The highest BCUT2D eigenvalue weighted by atomic mass is 15.2. The quantitative estimate of drug-likeness (QED) is 0.786. The lowest BCUT2D eigenvalue weighted by molar-refractivity contribution is 0.506. The molecule has 4 heterocycles. The highest BCUT2D eigenvalue weighted by Gasteiger charge is 2.22. The van der Waals surface area contributed by atoms with Crippen LogP contribution in [0.4, 0.5) is 17.5 Å². The Labute approximate surface area is 146 Å². The van der Waals surface area contributed by atoms with E-state index in [-0.39, 0.29) is 0 Å². The van der Waals surface area contributed by atoms with E-state index in [1.54, 1.807) is 31.0 Å². The molecule has 25 heavy (non-hydrogen) atoms. The van der Waals surface area contributed by atoms with Gasteiger partial charge in [-0.05, 0) is 30.5 Å². The molecule has 3 aromatic heterocycles. The maximum Gasteiger partial charge on any atom is 0.150 e. The van der Waals surface area contributed by atoms with Gasteiger partial charge in [0, 0.05) is 50.0 Å². The standard InChI is InChI=1S/C18H19N7/c1-2-15(13-25(9-1)18-12-20-6-8-23-18)14-3-4-21-16(10-14)24-17-11-19-5-7-22-17/h3-8,10-12,15H,1-2,9,13H2,(H,21,22,24). The second kappa shape index (κ2) is 7.21. The molecule has 1 unspecified atom stereocenters. The first-order valence-electron chi connectivity index (χ1n) is 8.38. The maximum atomic E-state index is 4.43. The number of piperidine rings is 1. The molecular formula is C18H19N7. The molecule has 1 aliphatic heterocycles. The van der Waals surface area contributed by atoms with Crippen LogP contribution in [0.15, 0.2) is 55.5 Å². The topological polar surface area (TPSA) is 79.7 Å². The van der Waals surface area contributed by atoms with Crippen LogP contribution in [0.5, 0.6) is 0 Å². The summed E-state index contributed by atoms with van der Waals surface area (Å²) in [6.07, 6.45) is 14.4. The van der Waals surface area contributed by atoms with Crippen LogP contribution in [-0.2, 0) is 0 Å². The Hall–Kier alpha value is -3.09. The van der Waals surface area contributed by atoms with Crippen LogP contribution >= 0.6 is 0 Å². The molecule has 0 radical (unpaired) electrons. The normalized spacial score (nSPS) is 17.3. The van der Waals surface area contributed by atoms with Crippen LogP contribution in [0.2, 0.25) is 0 Å². The van der Waals surface area contributed by atoms with Crippen molar-refractivity contribution in [2.24, 2.45) is 0 Å². The van der Waals surface area contributed by atoms with Gasteiger partial charge in [-0.15, -0.1) is 0 Å². The summed E-state index contributed by atoms with van der Waals surface area (Å²) in [5.41, 5.74) is 1.27. The van der Waals surface area contributed by atoms with Gasteiger partial charge in [0.25, 0.3) is 0 Å². The molecule has 126 valence electrons. The van der Waals surface area contributed by atoms with Gasteiger partial charge in [0.2, 0.25) is 0 Å². The summed E-state index contributed by atoms with van der Waals surface area (Å²) in [5, 5.41) is 3.21. The Morgan fingerprint density at radius 1 is 0.920 bits per heavy atom. The van der Waals surface area contributed by atoms with Crippen molar-refractivity contribution in [1.82, 2.24) is 24.9 Å². The minimum absolute atomic E-state index is 0.446. The molecule has 0 aliphatic carbocycles. The number of rotatable bonds is 4. The summed E-state index contributed by atoms with van der Waals surface area (Å²) in [7, 11) is 0. The van der Waals surface area contributed by atoms with Crippen molar-refractivity contribution in [2.45, 2.75) is 18.8 Å². The smallest absolute Gasteiger partial charge is 0.150 e. The van der Waals surface area contributed by atoms with Crippen molar-refractivity contribution in [2.75, 3.05) is 23.3 Å². The molecule has 1 N–H and O–H groups in total. The summed E-state index contributed by atoms with van der Waals surface area (Å²) in [6, 6.07) is 4.19. The number of nitrogens with zero attached hydrogens (tertiary/aromatic N) is 6. The average molecular weight is 333 g/mol. The van der Waals surface area contributed by atoms with Crippen LogP contribution in [0.1, 0.15) is 24.3 Å². The van der Waals surface area contributed by atoms with E-state index < -0.39 is 0 Å². The SMILES string of the molecule is c1cnc(Nc2cc(C3CCCN(c4cnccn4)C3)ccn2)cn1. The highest BCUT2D eigenvalue weighted by molar-refractivity contribution is 5.51. The molecule has 0 bridgehead atoms. The predicted octanol–water partition coefficient (Wildman–Crippen LogP) is 2.79. The third-order valence-electron chi connectivity index (χ3n) is 4.37. The molecule has 3 aromatic rings. The highest BCUT2D eigenvalue weighted by Crippen LogP contribution is 2.30. The van der Waals surface area contributed by atoms with E-state index >= 15 is 0 Å². The van der Waals surface area contributed by atoms with Crippen molar-refractivity contribution >= 4 is 17.5 Å². The van der Waals surface area contributed by atoms with Gasteiger partial charge in [0.15, 0.2) is 0 Å². The predicted molar refractivity (Wildman–Crippen MR) is 95.8 cm³/mol. The average Bonchev–Trinajstić information content (AvgIpc) is 2.70. The third-order valence-corrected chi connectivity index (χ3v) is 4.37. The lowest BCUT2D eigenvalue weighted by Crippen LogP contribution is -2.35. The summed E-state index contributed by atoms with van der Waals surface area (Å²) in [6.45, 7) is 1.96. The second-order valence-corrected chi connectivity index (χ2v) is 6.04. The molecule has 1 aliphatic rings. The molecule has 1 saturated heterocycles. The fraction of sp³-hybridized carbons (Fsp3) is 0.278. The second-order valence-electron chi connectivity index (χ2n) is 6.04. The molecule has 0 amide bonds. The number of pyridine rings is 1.